The molecule has 142 valence electrons. The molecule has 26 heavy (non-hydrogen) atoms. The molecule has 0 saturated carbocycles. The molecule has 2 amide bonds. The lowest BCUT2D eigenvalue weighted by molar-refractivity contribution is -0.139. The number of piperidine rings is 1. The molecule has 1 aliphatic heterocycles. The third-order valence-corrected chi connectivity index (χ3v) is 5.19. The molecule has 0 radical (unpaired) electrons. The van der Waals surface area contributed by atoms with Crippen LogP contribution in [0.1, 0.15) is 51.5 Å². The molecule has 3 unspecified atom stereocenters. The maximum Gasteiger partial charge on any atom is 0.310 e. The zero-order chi connectivity index (χ0) is 19.3. The zero-order valence-corrected chi connectivity index (χ0v) is 15.7. The first kappa shape index (κ1) is 19.9. The molecular weight excluding hydrogens is 332 g/mol. The van der Waals surface area contributed by atoms with Crippen LogP contribution in [0, 0.1) is 11.8 Å². The minimum atomic E-state index is -0.880. The van der Waals surface area contributed by atoms with Gasteiger partial charge in [-0.25, -0.2) is 0 Å². The number of hydrogen-bond acceptors (Lipinski definition) is 3. The second-order valence-corrected chi connectivity index (χ2v) is 7.10. The van der Waals surface area contributed by atoms with Crippen LogP contribution in [0.4, 0.5) is 5.69 Å². The Morgan fingerprint density at radius 3 is 2.46 bits per heavy atom. The van der Waals surface area contributed by atoms with Crippen molar-refractivity contribution in [1.82, 2.24) is 4.90 Å². The molecule has 0 spiro atoms. The van der Waals surface area contributed by atoms with E-state index in [2.05, 4.69) is 5.32 Å². The normalized spacial score (nSPS) is 19.5. The van der Waals surface area contributed by atoms with E-state index in [4.69, 9.17) is 5.11 Å². The van der Waals surface area contributed by atoms with Gasteiger partial charge in [0.2, 0.25) is 11.8 Å². The molecule has 1 aromatic rings. The van der Waals surface area contributed by atoms with E-state index in [1.807, 2.05) is 13.8 Å². The van der Waals surface area contributed by atoms with E-state index in [1.54, 1.807) is 36.1 Å². The van der Waals surface area contributed by atoms with Crippen molar-refractivity contribution in [3.05, 3.63) is 29.8 Å². The predicted molar refractivity (Wildman–Crippen MR) is 99.9 cm³/mol. The van der Waals surface area contributed by atoms with Crippen LogP contribution in [-0.4, -0.2) is 40.9 Å². The van der Waals surface area contributed by atoms with Gasteiger partial charge < -0.3 is 15.3 Å². The monoisotopic (exact) mass is 360 g/mol. The SMILES string of the molecule is CCC(C)C(=O)N1CCCC(C(=O)Nc2ccc(C(C)C(=O)O)cc2)C1. The Morgan fingerprint density at radius 1 is 1.23 bits per heavy atom. The highest BCUT2D eigenvalue weighted by Crippen LogP contribution is 2.22. The van der Waals surface area contributed by atoms with Gasteiger partial charge >= 0.3 is 5.97 Å². The number of likely N-dealkylation sites (tertiary alicyclic amines) is 1. The van der Waals surface area contributed by atoms with Crippen LogP contribution in [0.2, 0.25) is 0 Å². The lowest BCUT2D eigenvalue weighted by Gasteiger charge is -2.33. The molecule has 2 N–H and O–H groups in total. The van der Waals surface area contributed by atoms with Crippen LogP contribution in [0.3, 0.4) is 0 Å². The molecule has 3 atom stereocenters. The minimum absolute atomic E-state index is 0.0134. The smallest absolute Gasteiger partial charge is 0.310 e. The third-order valence-electron chi connectivity index (χ3n) is 5.19. The van der Waals surface area contributed by atoms with Crippen LogP contribution >= 0.6 is 0 Å². The van der Waals surface area contributed by atoms with Crippen molar-refractivity contribution in [2.45, 2.75) is 46.0 Å². The second-order valence-electron chi connectivity index (χ2n) is 7.10. The van der Waals surface area contributed by atoms with Crippen LogP contribution in [0.15, 0.2) is 24.3 Å². The molecule has 2 rings (SSSR count). The molecule has 1 aromatic carbocycles. The Hall–Kier alpha value is -2.37. The van der Waals surface area contributed by atoms with Gasteiger partial charge in [0.05, 0.1) is 11.8 Å². The average Bonchev–Trinajstić information content (AvgIpc) is 2.66. The lowest BCUT2D eigenvalue weighted by Crippen LogP contribution is -2.45. The molecule has 1 aliphatic rings. The van der Waals surface area contributed by atoms with Gasteiger partial charge in [-0.15, -0.1) is 0 Å². The van der Waals surface area contributed by atoms with Gasteiger partial charge in [0.25, 0.3) is 0 Å². The summed E-state index contributed by atoms with van der Waals surface area (Å²) >= 11 is 0. The topological polar surface area (TPSA) is 86.7 Å². The van der Waals surface area contributed by atoms with Gasteiger partial charge in [-0.1, -0.05) is 26.0 Å². The molecule has 1 saturated heterocycles. The maximum atomic E-state index is 12.6. The van der Waals surface area contributed by atoms with Crippen LogP contribution in [0.5, 0.6) is 0 Å². The average molecular weight is 360 g/mol. The zero-order valence-electron chi connectivity index (χ0n) is 15.7. The Labute approximate surface area is 154 Å². The number of nitrogens with one attached hydrogen (secondary N) is 1. The van der Waals surface area contributed by atoms with Gasteiger partial charge in [-0.05, 0) is 43.9 Å². The summed E-state index contributed by atoms with van der Waals surface area (Å²) in [6.07, 6.45) is 2.40. The third kappa shape index (κ3) is 4.84. The number of nitrogens with zero attached hydrogens (tertiary/aromatic N) is 1. The van der Waals surface area contributed by atoms with E-state index in [1.165, 1.54) is 0 Å². The minimum Gasteiger partial charge on any atom is -0.481 e. The van der Waals surface area contributed by atoms with Crippen molar-refractivity contribution in [3.63, 3.8) is 0 Å². The number of benzene rings is 1. The van der Waals surface area contributed by atoms with Crippen molar-refractivity contribution in [1.29, 1.82) is 0 Å². The fraction of sp³-hybridized carbons (Fsp3) is 0.550. The number of carboxylic acids is 1. The van der Waals surface area contributed by atoms with Crippen LogP contribution in [0.25, 0.3) is 0 Å². The number of anilines is 1. The lowest BCUT2D eigenvalue weighted by atomic mass is 9.95. The Morgan fingerprint density at radius 2 is 1.88 bits per heavy atom. The first-order chi connectivity index (χ1) is 12.3. The quantitative estimate of drug-likeness (QED) is 0.816. The van der Waals surface area contributed by atoms with Crippen molar-refractivity contribution in [2.75, 3.05) is 18.4 Å². The summed E-state index contributed by atoms with van der Waals surface area (Å²) in [6.45, 7) is 6.72. The number of aliphatic carboxylic acids is 1. The van der Waals surface area contributed by atoms with Crippen LogP contribution < -0.4 is 5.32 Å². The van der Waals surface area contributed by atoms with Crippen molar-refractivity contribution in [3.8, 4) is 0 Å². The number of amides is 2. The van der Waals surface area contributed by atoms with Crippen molar-refractivity contribution < 1.29 is 19.5 Å². The maximum absolute atomic E-state index is 12.6. The van der Waals surface area contributed by atoms with E-state index in [9.17, 15) is 14.4 Å². The number of carboxylic acid groups (broad SMARTS) is 1. The first-order valence-electron chi connectivity index (χ1n) is 9.25. The summed E-state index contributed by atoms with van der Waals surface area (Å²) in [5, 5.41) is 11.9. The Balaban J connectivity index is 1.96. The molecule has 6 nitrogen and oxygen atoms in total. The van der Waals surface area contributed by atoms with E-state index in [-0.39, 0.29) is 23.7 Å². The number of carbonyl (C=O) groups is 3. The fourth-order valence-electron chi connectivity index (χ4n) is 3.12. The summed E-state index contributed by atoms with van der Waals surface area (Å²) in [4.78, 5) is 37.7. The fourth-order valence-corrected chi connectivity index (χ4v) is 3.12. The molecule has 1 fully saturated rings. The van der Waals surface area contributed by atoms with E-state index >= 15 is 0 Å². The first-order valence-corrected chi connectivity index (χ1v) is 9.25. The molecule has 1 heterocycles. The highest BCUT2D eigenvalue weighted by atomic mass is 16.4. The largest absolute Gasteiger partial charge is 0.481 e. The summed E-state index contributed by atoms with van der Waals surface area (Å²) in [7, 11) is 0. The Kier molecular flexibility index (Phi) is 6.77. The van der Waals surface area contributed by atoms with Gasteiger partial charge in [0.1, 0.15) is 0 Å². The van der Waals surface area contributed by atoms with Gasteiger partial charge in [0.15, 0.2) is 0 Å². The van der Waals surface area contributed by atoms with Gasteiger partial charge in [-0.3, -0.25) is 14.4 Å². The molecule has 0 bridgehead atoms. The standard InChI is InChI=1S/C20H28N2O4/c1-4-13(2)19(24)22-11-5-6-16(12-22)18(23)21-17-9-7-15(8-10-17)14(3)20(25)26/h7-10,13-14,16H,4-6,11-12H2,1-3H3,(H,21,23)(H,25,26). The van der Waals surface area contributed by atoms with Gasteiger partial charge in [0, 0.05) is 24.7 Å². The Bertz CT molecular complexity index is 656. The van der Waals surface area contributed by atoms with Crippen molar-refractivity contribution in [2.24, 2.45) is 11.8 Å². The summed E-state index contributed by atoms with van der Waals surface area (Å²) in [5.74, 6) is -1.66. The van der Waals surface area contributed by atoms with Crippen molar-refractivity contribution >= 4 is 23.5 Å². The number of carbonyl (C=O) groups excluding carboxylic acids is 2. The molecule has 0 aliphatic carbocycles. The molecular formula is C20H28N2O4. The van der Waals surface area contributed by atoms with Crippen LogP contribution in [-0.2, 0) is 14.4 Å². The number of hydrogen-bond donors (Lipinski definition) is 2. The summed E-state index contributed by atoms with van der Waals surface area (Å²) in [6, 6.07) is 6.87. The highest BCUT2D eigenvalue weighted by Gasteiger charge is 2.30. The van der Waals surface area contributed by atoms with Gasteiger partial charge in [-0.2, -0.15) is 0 Å². The summed E-state index contributed by atoms with van der Waals surface area (Å²) < 4.78 is 0. The summed E-state index contributed by atoms with van der Waals surface area (Å²) in [5.41, 5.74) is 1.33. The highest BCUT2D eigenvalue weighted by molar-refractivity contribution is 5.93. The molecule has 0 aromatic heterocycles. The van der Waals surface area contributed by atoms with E-state index in [0.29, 0.717) is 24.3 Å². The number of rotatable bonds is 6. The van der Waals surface area contributed by atoms with E-state index < -0.39 is 11.9 Å². The predicted octanol–water partition coefficient (Wildman–Crippen LogP) is 3.10. The van der Waals surface area contributed by atoms with E-state index in [0.717, 1.165) is 19.3 Å². The second kappa shape index (κ2) is 8.83. The molecule has 6 heteroatoms.